The predicted octanol–water partition coefficient (Wildman–Crippen LogP) is 2.69. The summed E-state index contributed by atoms with van der Waals surface area (Å²) in [5.74, 6) is 2.07. The van der Waals surface area contributed by atoms with E-state index in [1.165, 1.54) is 19.2 Å². The van der Waals surface area contributed by atoms with Crippen molar-refractivity contribution in [2.75, 3.05) is 18.5 Å². The molecule has 0 aromatic carbocycles. The van der Waals surface area contributed by atoms with E-state index in [0.717, 1.165) is 18.8 Å². The largest absolute Gasteiger partial charge is 0.478 e. The molecule has 2 rings (SSSR count). The molecule has 1 atom stereocenters. The monoisotopic (exact) mass is 255 g/mol. The standard InChI is InChI=1S/C12H18ClN3O/c1-2-5-17-12-6-11(15-8-16-12)14-7-10(13)9-3-4-9/h6,8-10H,2-5,7H2,1H3,(H,14,15,16). The molecule has 1 aromatic heterocycles. The van der Waals surface area contributed by atoms with Crippen molar-refractivity contribution in [3.63, 3.8) is 0 Å². The summed E-state index contributed by atoms with van der Waals surface area (Å²) in [4.78, 5) is 8.18. The highest BCUT2D eigenvalue weighted by atomic mass is 35.5. The molecule has 1 fully saturated rings. The number of nitrogens with zero attached hydrogens (tertiary/aromatic N) is 2. The smallest absolute Gasteiger partial charge is 0.218 e. The van der Waals surface area contributed by atoms with Crippen LogP contribution in [0.1, 0.15) is 26.2 Å². The summed E-state index contributed by atoms with van der Waals surface area (Å²) in [6, 6.07) is 1.81. The Morgan fingerprint density at radius 3 is 3.06 bits per heavy atom. The molecule has 0 radical (unpaired) electrons. The van der Waals surface area contributed by atoms with Crippen LogP contribution in [0.15, 0.2) is 12.4 Å². The molecule has 1 aliphatic carbocycles. The number of rotatable bonds is 7. The van der Waals surface area contributed by atoms with E-state index < -0.39 is 0 Å². The number of anilines is 1. The van der Waals surface area contributed by atoms with E-state index >= 15 is 0 Å². The van der Waals surface area contributed by atoms with Crippen LogP contribution in [-0.2, 0) is 0 Å². The number of ether oxygens (including phenoxy) is 1. The maximum absolute atomic E-state index is 6.21. The zero-order chi connectivity index (χ0) is 12.1. The second-order valence-corrected chi connectivity index (χ2v) is 4.88. The zero-order valence-electron chi connectivity index (χ0n) is 10.0. The van der Waals surface area contributed by atoms with Crippen LogP contribution in [0.4, 0.5) is 5.82 Å². The van der Waals surface area contributed by atoms with E-state index in [9.17, 15) is 0 Å². The lowest BCUT2D eigenvalue weighted by Crippen LogP contribution is -2.16. The Morgan fingerprint density at radius 1 is 1.53 bits per heavy atom. The summed E-state index contributed by atoms with van der Waals surface area (Å²) in [6.45, 7) is 3.49. The molecule has 17 heavy (non-hydrogen) atoms. The van der Waals surface area contributed by atoms with Crippen LogP contribution < -0.4 is 10.1 Å². The molecule has 1 heterocycles. The maximum atomic E-state index is 6.21. The summed E-state index contributed by atoms with van der Waals surface area (Å²) in [6.07, 6.45) is 4.99. The first-order valence-corrected chi connectivity index (χ1v) is 6.56. The van der Waals surface area contributed by atoms with Gasteiger partial charge in [0, 0.05) is 12.6 Å². The lowest BCUT2D eigenvalue weighted by molar-refractivity contribution is 0.305. The Hall–Kier alpha value is -1.03. The molecule has 1 aromatic rings. The van der Waals surface area contributed by atoms with Gasteiger partial charge in [-0.05, 0) is 25.2 Å². The van der Waals surface area contributed by atoms with Crippen molar-refractivity contribution in [3.8, 4) is 5.88 Å². The van der Waals surface area contributed by atoms with E-state index in [4.69, 9.17) is 16.3 Å². The second-order valence-electron chi connectivity index (χ2n) is 4.32. The van der Waals surface area contributed by atoms with Crippen molar-refractivity contribution in [2.45, 2.75) is 31.6 Å². The third kappa shape index (κ3) is 4.04. The van der Waals surface area contributed by atoms with Crippen LogP contribution >= 0.6 is 11.6 Å². The fourth-order valence-corrected chi connectivity index (χ4v) is 1.88. The van der Waals surface area contributed by atoms with Gasteiger partial charge in [-0.1, -0.05) is 6.92 Å². The van der Waals surface area contributed by atoms with E-state index in [0.29, 0.717) is 18.4 Å². The number of aromatic nitrogens is 2. The van der Waals surface area contributed by atoms with Gasteiger partial charge in [0.1, 0.15) is 12.1 Å². The Morgan fingerprint density at radius 2 is 2.35 bits per heavy atom. The highest BCUT2D eigenvalue weighted by Gasteiger charge is 2.29. The molecule has 0 amide bonds. The zero-order valence-corrected chi connectivity index (χ0v) is 10.8. The molecule has 4 nitrogen and oxygen atoms in total. The second kappa shape index (κ2) is 6.05. The highest BCUT2D eigenvalue weighted by molar-refractivity contribution is 6.21. The number of nitrogens with one attached hydrogen (secondary N) is 1. The van der Waals surface area contributed by atoms with Gasteiger partial charge < -0.3 is 10.1 Å². The molecular formula is C12H18ClN3O. The number of alkyl halides is 1. The van der Waals surface area contributed by atoms with Gasteiger partial charge in [0.15, 0.2) is 0 Å². The summed E-state index contributed by atoms with van der Waals surface area (Å²) >= 11 is 6.21. The number of hydrogen-bond donors (Lipinski definition) is 1. The van der Waals surface area contributed by atoms with Crippen molar-refractivity contribution in [1.29, 1.82) is 0 Å². The van der Waals surface area contributed by atoms with Crippen molar-refractivity contribution in [1.82, 2.24) is 9.97 Å². The van der Waals surface area contributed by atoms with E-state index in [1.54, 1.807) is 0 Å². The van der Waals surface area contributed by atoms with Crippen LogP contribution in [0.3, 0.4) is 0 Å². The lowest BCUT2D eigenvalue weighted by Gasteiger charge is -2.10. The molecule has 1 aliphatic rings. The molecule has 1 N–H and O–H groups in total. The van der Waals surface area contributed by atoms with Crippen LogP contribution in [0.5, 0.6) is 5.88 Å². The number of hydrogen-bond acceptors (Lipinski definition) is 4. The van der Waals surface area contributed by atoms with Crippen molar-refractivity contribution < 1.29 is 4.74 Å². The van der Waals surface area contributed by atoms with E-state index in [2.05, 4.69) is 22.2 Å². The fourth-order valence-electron chi connectivity index (χ4n) is 1.55. The molecule has 0 saturated heterocycles. The van der Waals surface area contributed by atoms with Gasteiger partial charge >= 0.3 is 0 Å². The summed E-state index contributed by atoms with van der Waals surface area (Å²) < 4.78 is 5.44. The first-order valence-electron chi connectivity index (χ1n) is 6.12. The Labute approximate surface area is 107 Å². The van der Waals surface area contributed by atoms with Gasteiger partial charge in [0.05, 0.1) is 12.0 Å². The van der Waals surface area contributed by atoms with Gasteiger partial charge in [0.25, 0.3) is 0 Å². The minimum absolute atomic E-state index is 0.199. The maximum Gasteiger partial charge on any atom is 0.218 e. The Kier molecular flexibility index (Phi) is 4.42. The highest BCUT2D eigenvalue weighted by Crippen LogP contribution is 2.35. The van der Waals surface area contributed by atoms with Crippen molar-refractivity contribution >= 4 is 17.4 Å². The van der Waals surface area contributed by atoms with Gasteiger partial charge in [-0.2, -0.15) is 0 Å². The van der Waals surface area contributed by atoms with Gasteiger partial charge in [-0.25, -0.2) is 9.97 Å². The normalized spacial score (nSPS) is 16.6. The first-order chi connectivity index (χ1) is 8.29. The Bertz CT molecular complexity index is 357. The average Bonchev–Trinajstić information content (AvgIpc) is 3.18. The summed E-state index contributed by atoms with van der Waals surface area (Å²) in [5, 5.41) is 3.42. The van der Waals surface area contributed by atoms with Gasteiger partial charge in [-0.15, -0.1) is 11.6 Å². The summed E-state index contributed by atoms with van der Waals surface area (Å²) in [5.41, 5.74) is 0. The number of halogens is 1. The van der Waals surface area contributed by atoms with Gasteiger partial charge in [0.2, 0.25) is 5.88 Å². The van der Waals surface area contributed by atoms with E-state index in [1.807, 2.05) is 6.07 Å². The summed E-state index contributed by atoms with van der Waals surface area (Å²) in [7, 11) is 0. The molecule has 0 spiro atoms. The molecular weight excluding hydrogens is 238 g/mol. The van der Waals surface area contributed by atoms with Crippen molar-refractivity contribution in [3.05, 3.63) is 12.4 Å². The average molecular weight is 256 g/mol. The lowest BCUT2D eigenvalue weighted by atomic mass is 10.3. The minimum atomic E-state index is 0.199. The molecule has 1 saturated carbocycles. The third-order valence-corrected chi connectivity index (χ3v) is 3.22. The van der Waals surface area contributed by atoms with Crippen LogP contribution in [0, 0.1) is 5.92 Å². The van der Waals surface area contributed by atoms with Crippen LogP contribution in [0.2, 0.25) is 0 Å². The molecule has 0 aliphatic heterocycles. The SMILES string of the molecule is CCCOc1cc(NCC(Cl)C2CC2)ncn1. The first kappa shape index (κ1) is 12.4. The minimum Gasteiger partial charge on any atom is -0.478 e. The fraction of sp³-hybridized carbons (Fsp3) is 0.667. The molecule has 0 bridgehead atoms. The Balaban J connectivity index is 1.82. The van der Waals surface area contributed by atoms with Gasteiger partial charge in [-0.3, -0.25) is 0 Å². The third-order valence-electron chi connectivity index (χ3n) is 2.71. The van der Waals surface area contributed by atoms with Crippen molar-refractivity contribution in [2.24, 2.45) is 5.92 Å². The van der Waals surface area contributed by atoms with Crippen LogP contribution in [0.25, 0.3) is 0 Å². The predicted molar refractivity (Wildman–Crippen MR) is 68.7 cm³/mol. The molecule has 5 heteroatoms. The quantitative estimate of drug-likeness (QED) is 0.761. The molecule has 94 valence electrons. The molecule has 1 unspecified atom stereocenters. The topological polar surface area (TPSA) is 47.0 Å². The van der Waals surface area contributed by atoms with Crippen LogP contribution in [-0.4, -0.2) is 28.5 Å². The van der Waals surface area contributed by atoms with E-state index in [-0.39, 0.29) is 5.38 Å².